The number of hydrogen-bond donors (Lipinski definition) is 1. The van der Waals surface area contributed by atoms with Gasteiger partial charge in [0.1, 0.15) is 11.8 Å². The molecule has 5 aromatic rings. The second-order valence-electron chi connectivity index (χ2n) is 7.98. The van der Waals surface area contributed by atoms with Crippen LogP contribution in [0.3, 0.4) is 0 Å². The van der Waals surface area contributed by atoms with Crippen molar-refractivity contribution in [2.45, 2.75) is 17.1 Å². The third-order valence-electron chi connectivity index (χ3n) is 5.49. The van der Waals surface area contributed by atoms with Crippen LogP contribution in [0.5, 0.6) is 0 Å². The van der Waals surface area contributed by atoms with E-state index in [1.165, 1.54) is 42.9 Å². The summed E-state index contributed by atoms with van der Waals surface area (Å²) >= 11 is 0. The standard InChI is InChI=1S/C24H17F3N6O2S/c1-36(34,35)18-8-2-5-14-11-16(19(32-20(14)18)15-6-3-9-28-12-15)22(24(25,26)27)33-23-21-17(30-13-31-23)7-4-10-29-21/h2-13,22H,1H3,(H,30,31,33)/t22-/m1/s1. The lowest BCUT2D eigenvalue weighted by atomic mass is 9.98. The van der Waals surface area contributed by atoms with Gasteiger partial charge in [-0.1, -0.05) is 12.1 Å². The third kappa shape index (κ3) is 4.42. The first-order chi connectivity index (χ1) is 17.1. The maximum absolute atomic E-state index is 14.6. The number of anilines is 1. The van der Waals surface area contributed by atoms with Crippen molar-refractivity contribution in [1.82, 2.24) is 24.9 Å². The third-order valence-corrected chi connectivity index (χ3v) is 6.61. The van der Waals surface area contributed by atoms with Gasteiger partial charge in [-0.2, -0.15) is 13.2 Å². The van der Waals surface area contributed by atoms with Crippen LogP contribution in [0.2, 0.25) is 0 Å². The van der Waals surface area contributed by atoms with E-state index in [4.69, 9.17) is 0 Å². The highest BCUT2D eigenvalue weighted by atomic mass is 32.2. The largest absolute Gasteiger partial charge is 0.412 e. The van der Waals surface area contributed by atoms with E-state index >= 15 is 0 Å². The molecule has 1 aromatic carbocycles. The summed E-state index contributed by atoms with van der Waals surface area (Å²) in [6.45, 7) is 0. The molecule has 12 heteroatoms. The number of hydrogen-bond acceptors (Lipinski definition) is 8. The molecule has 0 unspecified atom stereocenters. The Morgan fingerprint density at radius 2 is 1.75 bits per heavy atom. The molecule has 0 amide bonds. The monoisotopic (exact) mass is 510 g/mol. The lowest BCUT2D eigenvalue weighted by Crippen LogP contribution is -2.29. The number of rotatable bonds is 5. The second kappa shape index (κ2) is 8.79. The van der Waals surface area contributed by atoms with E-state index in [-0.39, 0.29) is 38.4 Å². The molecule has 1 N–H and O–H groups in total. The molecule has 0 fully saturated rings. The Bertz CT molecular complexity index is 1690. The van der Waals surface area contributed by atoms with Crippen LogP contribution in [0.25, 0.3) is 33.2 Å². The Balaban J connectivity index is 1.78. The fraction of sp³-hybridized carbons (Fsp3) is 0.125. The minimum atomic E-state index is -4.78. The van der Waals surface area contributed by atoms with Crippen LogP contribution in [0.15, 0.2) is 78.3 Å². The molecular weight excluding hydrogens is 493 g/mol. The molecule has 0 spiro atoms. The first-order valence-electron chi connectivity index (χ1n) is 10.6. The highest BCUT2D eigenvalue weighted by molar-refractivity contribution is 7.91. The summed E-state index contributed by atoms with van der Waals surface area (Å²) < 4.78 is 68.5. The molecule has 0 aliphatic carbocycles. The minimum Gasteiger partial charge on any atom is -0.353 e. The Morgan fingerprint density at radius 1 is 0.944 bits per heavy atom. The summed E-state index contributed by atoms with van der Waals surface area (Å²) in [4.78, 5) is 20.6. The zero-order valence-corrected chi connectivity index (χ0v) is 19.4. The molecule has 4 heterocycles. The number of sulfone groups is 1. The number of alkyl halides is 3. The van der Waals surface area contributed by atoms with E-state index in [1.54, 1.807) is 24.3 Å². The first-order valence-corrected chi connectivity index (χ1v) is 12.4. The second-order valence-corrected chi connectivity index (χ2v) is 9.96. The predicted molar refractivity (Wildman–Crippen MR) is 128 cm³/mol. The molecule has 8 nitrogen and oxygen atoms in total. The van der Waals surface area contributed by atoms with Gasteiger partial charge in [-0.15, -0.1) is 0 Å². The summed E-state index contributed by atoms with van der Waals surface area (Å²) in [6.07, 6.45) is 1.67. The topological polar surface area (TPSA) is 111 Å². The van der Waals surface area contributed by atoms with Crippen LogP contribution in [0.4, 0.5) is 19.0 Å². The summed E-state index contributed by atoms with van der Waals surface area (Å²) in [6, 6.07) is 9.74. The molecule has 0 saturated heterocycles. The zero-order chi connectivity index (χ0) is 25.5. The first kappa shape index (κ1) is 23.5. The lowest BCUT2D eigenvalue weighted by molar-refractivity contribution is -0.143. The van der Waals surface area contributed by atoms with Crippen LogP contribution in [-0.2, 0) is 9.84 Å². The predicted octanol–water partition coefficient (Wildman–Crippen LogP) is 4.75. The normalized spacial score (nSPS) is 13.1. The highest BCUT2D eigenvalue weighted by Crippen LogP contribution is 2.41. The molecule has 0 radical (unpaired) electrons. The van der Waals surface area contributed by atoms with Gasteiger partial charge >= 0.3 is 6.18 Å². The highest BCUT2D eigenvalue weighted by Gasteiger charge is 2.43. The lowest BCUT2D eigenvalue weighted by Gasteiger charge is -2.25. The van der Waals surface area contributed by atoms with Gasteiger partial charge < -0.3 is 5.32 Å². The number of halogens is 3. The Hall–Kier alpha value is -4.19. The van der Waals surface area contributed by atoms with E-state index in [0.29, 0.717) is 11.1 Å². The molecule has 182 valence electrons. The number of benzene rings is 1. The smallest absolute Gasteiger partial charge is 0.353 e. The zero-order valence-electron chi connectivity index (χ0n) is 18.6. The summed E-state index contributed by atoms with van der Waals surface area (Å²) in [5, 5.41) is 2.72. The average molecular weight is 511 g/mol. The van der Waals surface area contributed by atoms with Crippen molar-refractivity contribution in [3.63, 3.8) is 0 Å². The maximum Gasteiger partial charge on any atom is 0.412 e. The summed E-state index contributed by atoms with van der Waals surface area (Å²) in [5.41, 5.74) is 0.615. The SMILES string of the molecule is CS(=O)(=O)c1cccc2cc([C@@H](Nc3ncnc4cccnc34)C(F)(F)F)c(-c3cccnc3)nc12. The molecule has 0 saturated carbocycles. The number of aromatic nitrogens is 5. The van der Waals surface area contributed by atoms with E-state index < -0.39 is 22.1 Å². The van der Waals surface area contributed by atoms with Crippen molar-refractivity contribution in [3.05, 3.63) is 79.0 Å². The number of fused-ring (bicyclic) bond motifs is 2. The molecule has 0 bridgehead atoms. The number of nitrogens with zero attached hydrogens (tertiary/aromatic N) is 5. The van der Waals surface area contributed by atoms with E-state index in [2.05, 4.69) is 30.2 Å². The van der Waals surface area contributed by atoms with Gasteiger partial charge in [0.15, 0.2) is 21.7 Å². The van der Waals surface area contributed by atoms with Gasteiger partial charge in [0.25, 0.3) is 0 Å². The van der Waals surface area contributed by atoms with Crippen LogP contribution in [0, 0.1) is 0 Å². The van der Waals surface area contributed by atoms with Crippen molar-refractivity contribution in [3.8, 4) is 11.3 Å². The van der Waals surface area contributed by atoms with Gasteiger partial charge in [-0.25, -0.2) is 23.4 Å². The Kier molecular flexibility index (Phi) is 5.75. The molecule has 36 heavy (non-hydrogen) atoms. The van der Waals surface area contributed by atoms with Gasteiger partial charge in [-0.3, -0.25) is 9.97 Å². The molecular formula is C24H17F3N6O2S. The van der Waals surface area contributed by atoms with Crippen LogP contribution in [-0.4, -0.2) is 45.8 Å². The number of para-hydroxylation sites is 1. The van der Waals surface area contributed by atoms with Crippen LogP contribution >= 0.6 is 0 Å². The van der Waals surface area contributed by atoms with E-state index in [0.717, 1.165) is 12.6 Å². The van der Waals surface area contributed by atoms with E-state index in [9.17, 15) is 21.6 Å². The quantitative estimate of drug-likeness (QED) is 0.361. The Labute approximate surface area is 203 Å². The molecule has 0 aliphatic heterocycles. The van der Waals surface area contributed by atoms with Crippen molar-refractivity contribution >= 4 is 37.6 Å². The van der Waals surface area contributed by atoms with Gasteiger partial charge in [0.2, 0.25) is 0 Å². The average Bonchev–Trinajstić information content (AvgIpc) is 2.85. The van der Waals surface area contributed by atoms with E-state index in [1.807, 2.05) is 0 Å². The van der Waals surface area contributed by atoms with Crippen molar-refractivity contribution in [1.29, 1.82) is 0 Å². The summed E-state index contributed by atoms with van der Waals surface area (Å²) in [7, 11) is -3.70. The van der Waals surface area contributed by atoms with Gasteiger partial charge in [0, 0.05) is 41.4 Å². The van der Waals surface area contributed by atoms with Crippen LogP contribution < -0.4 is 5.32 Å². The van der Waals surface area contributed by atoms with Crippen molar-refractivity contribution in [2.24, 2.45) is 0 Å². The minimum absolute atomic E-state index is 0.0622. The van der Waals surface area contributed by atoms with Gasteiger partial charge in [-0.05, 0) is 36.4 Å². The van der Waals surface area contributed by atoms with Crippen molar-refractivity contribution in [2.75, 3.05) is 11.6 Å². The Morgan fingerprint density at radius 3 is 2.47 bits per heavy atom. The number of nitrogens with one attached hydrogen (secondary N) is 1. The molecule has 5 rings (SSSR count). The number of pyridine rings is 3. The van der Waals surface area contributed by atoms with Crippen LogP contribution in [0.1, 0.15) is 11.6 Å². The fourth-order valence-electron chi connectivity index (χ4n) is 3.91. The maximum atomic E-state index is 14.6. The molecule has 4 aromatic heterocycles. The van der Waals surface area contributed by atoms with Crippen molar-refractivity contribution < 1.29 is 21.6 Å². The molecule has 1 atom stereocenters. The fourth-order valence-corrected chi connectivity index (χ4v) is 4.75. The molecule has 0 aliphatic rings. The summed E-state index contributed by atoms with van der Waals surface area (Å²) in [5.74, 6) is -0.106. The van der Waals surface area contributed by atoms with Gasteiger partial charge in [0.05, 0.1) is 21.6 Å².